The third-order valence-electron chi connectivity index (χ3n) is 4.48. The Morgan fingerprint density at radius 3 is 2.77 bits per heavy atom. The summed E-state index contributed by atoms with van der Waals surface area (Å²) in [6.07, 6.45) is 3.98. The first kappa shape index (κ1) is 15.2. The van der Waals surface area contributed by atoms with Crippen LogP contribution in [-0.4, -0.2) is 59.2 Å². The average Bonchev–Trinajstić information content (AvgIpc) is 3.38. The molecule has 1 unspecified atom stereocenters. The number of carbonyl (C=O) groups is 1. The molecule has 6 heteroatoms. The van der Waals surface area contributed by atoms with Crippen LogP contribution in [0.15, 0.2) is 18.3 Å². The Morgan fingerprint density at radius 1 is 1.41 bits per heavy atom. The van der Waals surface area contributed by atoms with Crippen molar-refractivity contribution in [3.8, 4) is 0 Å². The zero-order valence-corrected chi connectivity index (χ0v) is 13.0. The number of rotatable bonds is 5. The lowest BCUT2D eigenvalue weighted by molar-refractivity contribution is -0.126. The van der Waals surface area contributed by atoms with Gasteiger partial charge in [-0.2, -0.15) is 0 Å². The second kappa shape index (κ2) is 6.62. The Bertz CT molecular complexity index is 525. The normalized spacial score (nSPS) is 20.7. The SMILES string of the molecule is CC(C(=O)NC1CC1)N1CCN(c2cc(CO)ccn2)CC1. The molecule has 120 valence electrons. The predicted octanol–water partition coefficient (Wildman–Crippen LogP) is 0.363. The zero-order chi connectivity index (χ0) is 15.5. The highest BCUT2D eigenvalue weighted by Crippen LogP contribution is 2.20. The Morgan fingerprint density at radius 2 is 2.14 bits per heavy atom. The average molecular weight is 304 g/mol. The molecule has 1 aromatic heterocycles. The van der Waals surface area contributed by atoms with Gasteiger partial charge >= 0.3 is 0 Å². The molecule has 1 aromatic rings. The highest BCUT2D eigenvalue weighted by Gasteiger charge is 2.30. The molecule has 2 fully saturated rings. The van der Waals surface area contributed by atoms with E-state index in [9.17, 15) is 9.90 Å². The molecule has 1 aliphatic carbocycles. The largest absolute Gasteiger partial charge is 0.392 e. The van der Waals surface area contributed by atoms with Crippen molar-refractivity contribution in [2.75, 3.05) is 31.1 Å². The molecule has 6 nitrogen and oxygen atoms in total. The van der Waals surface area contributed by atoms with Crippen molar-refractivity contribution in [1.29, 1.82) is 0 Å². The first-order valence-corrected chi connectivity index (χ1v) is 8.02. The smallest absolute Gasteiger partial charge is 0.237 e. The maximum Gasteiger partial charge on any atom is 0.237 e. The number of amides is 1. The van der Waals surface area contributed by atoms with Gasteiger partial charge in [0.25, 0.3) is 0 Å². The number of pyridine rings is 1. The van der Waals surface area contributed by atoms with Crippen LogP contribution < -0.4 is 10.2 Å². The molecule has 0 aromatic carbocycles. The highest BCUT2D eigenvalue weighted by atomic mass is 16.3. The van der Waals surface area contributed by atoms with E-state index in [-0.39, 0.29) is 18.6 Å². The van der Waals surface area contributed by atoms with Crippen LogP contribution in [0.4, 0.5) is 5.82 Å². The van der Waals surface area contributed by atoms with Crippen LogP contribution in [-0.2, 0) is 11.4 Å². The Kier molecular flexibility index (Phi) is 4.59. The third-order valence-corrected chi connectivity index (χ3v) is 4.48. The fourth-order valence-electron chi connectivity index (χ4n) is 2.79. The van der Waals surface area contributed by atoms with Gasteiger partial charge in [-0.05, 0) is 37.5 Å². The fourth-order valence-corrected chi connectivity index (χ4v) is 2.79. The van der Waals surface area contributed by atoms with Crippen molar-refractivity contribution in [3.63, 3.8) is 0 Å². The summed E-state index contributed by atoms with van der Waals surface area (Å²) < 4.78 is 0. The molecule has 1 saturated carbocycles. The van der Waals surface area contributed by atoms with Crippen molar-refractivity contribution in [3.05, 3.63) is 23.9 Å². The Labute approximate surface area is 131 Å². The summed E-state index contributed by atoms with van der Waals surface area (Å²) >= 11 is 0. The van der Waals surface area contributed by atoms with Crippen molar-refractivity contribution in [1.82, 2.24) is 15.2 Å². The number of nitrogens with zero attached hydrogens (tertiary/aromatic N) is 3. The molecule has 0 radical (unpaired) electrons. The van der Waals surface area contributed by atoms with Crippen LogP contribution in [0, 0.1) is 0 Å². The van der Waals surface area contributed by atoms with Crippen LogP contribution in [0.5, 0.6) is 0 Å². The van der Waals surface area contributed by atoms with Gasteiger partial charge in [0.15, 0.2) is 0 Å². The number of hydrogen-bond donors (Lipinski definition) is 2. The van der Waals surface area contributed by atoms with E-state index in [1.807, 2.05) is 19.1 Å². The number of piperazine rings is 1. The first-order chi connectivity index (χ1) is 10.7. The van der Waals surface area contributed by atoms with Crippen LogP contribution >= 0.6 is 0 Å². The van der Waals surface area contributed by atoms with Crippen molar-refractivity contribution in [2.24, 2.45) is 0 Å². The van der Waals surface area contributed by atoms with E-state index in [1.165, 1.54) is 0 Å². The van der Waals surface area contributed by atoms with Crippen LogP contribution in [0.3, 0.4) is 0 Å². The summed E-state index contributed by atoms with van der Waals surface area (Å²) in [5, 5.41) is 12.3. The van der Waals surface area contributed by atoms with E-state index in [1.54, 1.807) is 6.20 Å². The lowest BCUT2D eigenvalue weighted by Crippen LogP contribution is -2.54. The molecule has 0 bridgehead atoms. The quantitative estimate of drug-likeness (QED) is 0.822. The minimum absolute atomic E-state index is 0.0356. The fraction of sp³-hybridized carbons (Fsp3) is 0.625. The summed E-state index contributed by atoms with van der Waals surface area (Å²) in [4.78, 5) is 20.9. The summed E-state index contributed by atoms with van der Waals surface area (Å²) in [6.45, 7) is 5.42. The number of aliphatic hydroxyl groups excluding tert-OH is 1. The van der Waals surface area contributed by atoms with E-state index < -0.39 is 0 Å². The number of carbonyl (C=O) groups excluding carboxylic acids is 1. The maximum absolute atomic E-state index is 12.1. The minimum Gasteiger partial charge on any atom is -0.392 e. The molecular weight excluding hydrogens is 280 g/mol. The summed E-state index contributed by atoms with van der Waals surface area (Å²) in [5.74, 6) is 1.05. The monoisotopic (exact) mass is 304 g/mol. The number of hydrogen-bond acceptors (Lipinski definition) is 5. The molecule has 1 amide bonds. The van der Waals surface area contributed by atoms with Gasteiger partial charge in [0.1, 0.15) is 5.82 Å². The molecule has 1 aliphatic heterocycles. The molecule has 0 spiro atoms. The minimum atomic E-state index is -0.0699. The summed E-state index contributed by atoms with van der Waals surface area (Å²) in [5.41, 5.74) is 0.879. The lowest BCUT2D eigenvalue weighted by atomic mass is 10.2. The van der Waals surface area contributed by atoms with Crippen LogP contribution in [0.2, 0.25) is 0 Å². The molecule has 2 heterocycles. The number of nitrogens with one attached hydrogen (secondary N) is 1. The number of aliphatic hydroxyl groups is 1. The Balaban J connectivity index is 1.53. The van der Waals surface area contributed by atoms with Gasteiger partial charge in [-0.25, -0.2) is 4.98 Å². The van der Waals surface area contributed by atoms with Gasteiger partial charge < -0.3 is 15.3 Å². The molecule has 1 saturated heterocycles. The van der Waals surface area contributed by atoms with E-state index in [2.05, 4.69) is 20.1 Å². The summed E-state index contributed by atoms with van der Waals surface area (Å²) in [6, 6.07) is 4.10. The Hall–Kier alpha value is -1.66. The van der Waals surface area contributed by atoms with Crippen molar-refractivity contribution in [2.45, 2.75) is 38.5 Å². The number of anilines is 1. The standard InChI is InChI=1S/C16H24N4O2/c1-12(16(22)18-14-2-3-14)19-6-8-20(9-7-19)15-10-13(11-21)4-5-17-15/h4-5,10,12,14,21H,2-3,6-9,11H2,1H3,(H,18,22). The summed E-state index contributed by atoms with van der Waals surface area (Å²) in [7, 11) is 0. The van der Waals surface area contributed by atoms with Gasteiger partial charge in [0.05, 0.1) is 12.6 Å². The molecule has 22 heavy (non-hydrogen) atoms. The number of aromatic nitrogens is 1. The molecule has 3 rings (SSSR count). The van der Waals surface area contributed by atoms with E-state index >= 15 is 0 Å². The highest BCUT2D eigenvalue weighted by molar-refractivity contribution is 5.81. The van der Waals surface area contributed by atoms with Gasteiger partial charge in [-0.15, -0.1) is 0 Å². The van der Waals surface area contributed by atoms with Gasteiger partial charge in [0, 0.05) is 38.4 Å². The van der Waals surface area contributed by atoms with Crippen molar-refractivity contribution >= 4 is 11.7 Å². The lowest BCUT2D eigenvalue weighted by Gasteiger charge is -2.38. The van der Waals surface area contributed by atoms with Gasteiger partial charge in [-0.1, -0.05) is 0 Å². The van der Waals surface area contributed by atoms with Gasteiger partial charge in [0.2, 0.25) is 5.91 Å². The molecule has 1 atom stereocenters. The second-order valence-corrected chi connectivity index (χ2v) is 6.16. The zero-order valence-electron chi connectivity index (χ0n) is 13.0. The third kappa shape index (κ3) is 3.56. The van der Waals surface area contributed by atoms with E-state index in [0.717, 1.165) is 50.4 Å². The van der Waals surface area contributed by atoms with Crippen molar-refractivity contribution < 1.29 is 9.90 Å². The van der Waals surface area contributed by atoms with Crippen LogP contribution in [0.1, 0.15) is 25.3 Å². The second-order valence-electron chi connectivity index (χ2n) is 6.16. The van der Waals surface area contributed by atoms with Crippen LogP contribution in [0.25, 0.3) is 0 Å². The first-order valence-electron chi connectivity index (χ1n) is 8.02. The molecule has 2 aliphatic rings. The predicted molar refractivity (Wildman–Crippen MR) is 84.6 cm³/mol. The van der Waals surface area contributed by atoms with E-state index in [0.29, 0.717) is 6.04 Å². The van der Waals surface area contributed by atoms with E-state index in [4.69, 9.17) is 0 Å². The topological polar surface area (TPSA) is 68.7 Å². The molecular formula is C16H24N4O2. The van der Waals surface area contributed by atoms with Gasteiger partial charge in [-0.3, -0.25) is 9.69 Å². The molecule has 2 N–H and O–H groups in total. The maximum atomic E-state index is 12.1.